The minimum atomic E-state index is -0.0317. The first-order chi connectivity index (χ1) is 12.1. The van der Waals surface area contributed by atoms with Crippen molar-refractivity contribution in [2.24, 2.45) is 0 Å². The number of aromatic nitrogens is 2. The van der Waals surface area contributed by atoms with Gasteiger partial charge in [0.2, 0.25) is 0 Å². The number of carbonyl (C=O) groups excluding carboxylic acids is 1. The number of hydrogen-bond donors (Lipinski definition) is 0. The molecule has 1 aromatic heterocycles. The Kier molecular flexibility index (Phi) is 5.14. The van der Waals surface area contributed by atoms with E-state index in [1.807, 2.05) is 43.3 Å². The Hall–Kier alpha value is -2.66. The SMILES string of the molecule is CCN(Cc1cccc(Cl)c1)C(=O)c1ccc(-c2nc(C)no2)cc1. The molecule has 0 unspecified atom stereocenters. The van der Waals surface area contributed by atoms with Crippen LogP contribution >= 0.6 is 11.6 Å². The predicted octanol–water partition coefficient (Wildman–Crippen LogP) is 4.36. The van der Waals surface area contributed by atoms with Gasteiger partial charge in [-0.15, -0.1) is 0 Å². The highest BCUT2D eigenvalue weighted by molar-refractivity contribution is 6.30. The van der Waals surface area contributed by atoms with E-state index in [1.165, 1.54) is 0 Å². The number of rotatable bonds is 5. The molecule has 0 radical (unpaired) electrons. The Morgan fingerprint density at radius 1 is 1.20 bits per heavy atom. The molecule has 0 atom stereocenters. The number of aryl methyl sites for hydroxylation is 1. The van der Waals surface area contributed by atoms with Crippen LogP contribution in [0.3, 0.4) is 0 Å². The number of benzene rings is 2. The predicted molar refractivity (Wildman–Crippen MR) is 96.3 cm³/mol. The van der Waals surface area contributed by atoms with Gasteiger partial charge < -0.3 is 9.42 Å². The van der Waals surface area contributed by atoms with E-state index in [0.29, 0.717) is 35.4 Å². The van der Waals surface area contributed by atoms with Crippen LogP contribution in [0.2, 0.25) is 5.02 Å². The maximum absolute atomic E-state index is 12.8. The summed E-state index contributed by atoms with van der Waals surface area (Å²) in [5.41, 5.74) is 2.40. The zero-order chi connectivity index (χ0) is 17.8. The van der Waals surface area contributed by atoms with Gasteiger partial charge in [0.15, 0.2) is 5.82 Å². The second-order valence-corrected chi connectivity index (χ2v) is 6.11. The molecule has 6 heteroatoms. The van der Waals surface area contributed by atoms with E-state index in [0.717, 1.165) is 11.1 Å². The molecular weight excluding hydrogens is 338 g/mol. The van der Waals surface area contributed by atoms with E-state index < -0.39 is 0 Å². The first-order valence-electron chi connectivity index (χ1n) is 8.01. The summed E-state index contributed by atoms with van der Waals surface area (Å²) < 4.78 is 5.14. The van der Waals surface area contributed by atoms with Crippen molar-refractivity contribution >= 4 is 17.5 Å². The third kappa shape index (κ3) is 4.06. The van der Waals surface area contributed by atoms with Gasteiger partial charge in [-0.25, -0.2) is 0 Å². The van der Waals surface area contributed by atoms with Crippen molar-refractivity contribution < 1.29 is 9.32 Å². The average Bonchev–Trinajstić information content (AvgIpc) is 3.06. The molecule has 2 aromatic carbocycles. The summed E-state index contributed by atoms with van der Waals surface area (Å²) in [5.74, 6) is 0.993. The van der Waals surface area contributed by atoms with Crippen LogP contribution in [0.25, 0.3) is 11.5 Å². The van der Waals surface area contributed by atoms with Gasteiger partial charge in [-0.2, -0.15) is 4.98 Å². The summed E-state index contributed by atoms with van der Waals surface area (Å²) >= 11 is 6.02. The maximum Gasteiger partial charge on any atom is 0.257 e. The third-order valence-electron chi connectivity index (χ3n) is 3.84. The summed E-state index contributed by atoms with van der Waals surface area (Å²) in [6.45, 7) is 4.84. The second-order valence-electron chi connectivity index (χ2n) is 5.67. The molecule has 0 aliphatic carbocycles. The Morgan fingerprint density at radius 3 is 2.56 bits per heavy atom. The number of hydrogen-bond acceptors (Lipinski definition) is 4. The van der Waals surface area contributed by atoms with Gasteiger partial charge in [-0.1, -0.05) is 28.9 Å². The summed E-state index contributed by atoms with van der Waals surface area (Å²) in [7, 11) is 0. The molecule has 3 rings (SSSR count). The molecule has 0 saturated carbocycles. The summed E-state index contributed by atoms with van der Waals surface area (Å²) in [6, 6.07) is 14.7. The Balaban J connectivity index is 1.76. The standard InChI is InChI=1S/C19H18ClN3O2/c1-3-23(12-14-5-4-6-17(20)11-14)19(24)16-9-7-15(8-10-16)18-21-13(2)22-25-18/h4-11H,3,12H2,1-2H3. The monoisotopic (exact) mass is 355 g/mol. The van der Waals surface area contributed by atoms with Crippen LogP contribution in [-0.4, -0.2) is 27.5 Å². The Labute approximate surface area is 151 Å². The highest BCUT2D eigenvalue weighted by Gasteiger charge is 2.15. The maximum atomic E-state index is 12.8. The number of nitrogens with zero attached hydrogens (tertiary/aromatic N) is 3. The molecule has 0 aliphatic rings. The van der Waals surface area contributed by atoms with Crippen LogP contribution in [-0.2, 0) is 6.54 Å². The number of halogens is 1. The van der Waals surface area contributed by atoms with Crippen LogP contribution in [0.5, 0.6) is 0 Å². The van der Waals surface area contributed by atoms with Crippen LogP contribution in [0.1, 0.15) is 28.7 Å². The molecule has 0 aliphatic heterocycles. The first-order valence-corrected chi connectivity index (χ1v) is 8.39. The van der Waals surface area contributed by atoms with Crippen molar-refractivity contribution in [1.82, 2.24) is 15.0 Å². The quantitative estimate of drug-likeness (QED) is 0.682. The van der Waals surface area contributed by atoms with E-state index in [1.54, 1.807) is 24.0 Å². The molecule has 25 heavy (non-hydrogen) atoms. The topological polar surface area (TPSA) is 59.2 Å². The Bertz CT molecular complexity index is 874. The van der Waals surface area contributed by atoms with Crippen LogP contribution in [0, 0.1) is 6.92 Å². The van der Waals surface area contributed by atoms with Crippen molar-refractivity contribution in [2.75, 3.05) is 6.54 Å². The highest BCUT2D eigenvalue weighted by atomic mass is 35.5. The molecule has 0 fully saturated rings. The molecule has 0 N–H and O–H groups in total. The van der Waals surface area contributed by atoms with Gasteiger partial charge in [-0.05, 0) is 55.8 Å². The van der Waals surface area contributed by atoms with E-state index in [-0.39, 0.29) is 5.91 Å². The summed E-state index contributed by atoms with van der Waals surface area (Å²) in [4.78, 5) is 18.7. The van der Waals surface area contributed by atoms with E-state index in [9.17, 15) is 4.79 Å². The Morgan fingerprint density at radius 2 is 1.96 bits per heavy atom. The lowest BCUT2D eigenvalue weighted by Gasteiger charge is -2.21. The zero-order valence-electron chi connectivity index (χ0n) is 14.1. The lowest BCUT2D eigenvalue weighted by atomic mass is 10.1. The molecule has 3 aromatic rings. The lowest BCUT2D eigenvalue weighted by molar-refractivity contribution is 0.0752. The van der Waals surface area contributed by atoms with Crippen LogP contribution in [0.15, 0.2) is 53.1 Å². The second kappa shape index (κ2) is 7.49. The number of carbonyl (C=O) groups is 1. The fraction of sp³-hybridized carbons (Fsp3) is 0.211. The normalized spacial score (nSPS) is 10.7. The van der Waals surface area contributed by atoms with Gasteiger partial charge in [-0.3, -0.25) is 4.79 Å². The lowest BCUT2D eigenvalue weighted by Crippen LogP contribution is -2.30. The van der Waals surface area contributed by atoms with Crippen molar-refractivity contribution in [3.63, 3.8) is 0 Å². The minimum absolute atomic E-state index is 0.0317. The first kappa shape index (κ1) is 17.2. The molecule has 128 valence electrons. The van der Waals surface area contributed by atoms with Gasteiger partial charge in [0, 0.05) is 29.2 Å². The van der Waals surface area contributed by atoms with Crippen molar-refractivity contribution in [3.05, 3.63) is 70.5 Å². The summed E-state index contributed by atoms with van der Waals surface area (Å²) in [5, 5.41) is 4.44. The largest absolute Gasteiger partial charge is 0.335 e. The van der Waals surface area contributed by atoms with E-state index in [4.69, 9.17) is 16.1 Å². The average molecular weight is 356 g/mol. The summed E-state index contributed by atoms with van der Waals surface area (Å²) in [6.07, 6.45) is 0. The van der Waals surface area contributed by atoms with E-state index in [2.05, 4.69) is 10.1 Å². The molecule has 1 amide bonds. The van der Waals surface area contributed by atoms with Crippen LogP contribution < -0.4 is 0 Å². The zero-order valence-corrected chi connectivity index (χ0v) is 14.8. The van der Waals surface area contributed by atoms with Crippen molar-refractivity contribution in [2.45, 2.75) is 20.4 Å². The fourth-order valence-corrected chi connectivity index (χ4v) is 2.75. The fourth-order valence-electron chi connectivity index (χ4n) is 2.54. The van der Waals surface area contributed by atoms with Gasteiger partial charge in [0.25, 0.3) is 11.8 Å². The molecule has 1 heterocycles. The highest BCUT2D eigenvalue weighted by Crippen LogP contribution is 2.19. The minimum Gasteiger partial charge on any atom is -0.335 e. The molecule has 5 nitrogen and oxygen atoms in total. The number of amides is 1. The molecule has 0 spiro atoms. The molecule has 0 saturated heterocycles. The van der Waals surface area contributed by atoms with Gasteiger partial charge in [0.05, 0.1) is 0 Å². The van der Waals surface area contributed by atoms with Gasteiger partial charge >= 0.3 is 0 Å². The van der Waals surface area contributed by atoms with Crippen molar-refractivity contribution in [3.8, 4) is 11.5 Å². The van der Waals surface area contributed by atoms with E-state index >= 15 is 0 Å². The van der Waals surface area contributed by atoms with Crippen LogP contribution in [0.4, 0.5) is 0 Å². The third-order valence-corrected chi connectivity index (χ3v) is 4.07. The smallest absolute Gasteiger partial charge is 0.257 e. The van der Waals surface area contributed by atoms with Gasteiger partial charge in [0.1, 0.15) is 0 Å². The molecular formula is C19H18ClN3O2. The molecule has 0 bridgehead atoms. The van der Waals surface area contributed by atoms with Crippen molar-refractivity contribution in [1.29, 1.82) is 0 Å².